The first-order valence-electron chi connectivity index (χ1n) is 4.04. The van der Waals surface area contributed by atoms with E-state index in [2.05, 4.69) is 20.9 Å². The Morgan fingerprint density at radius 1 is 1.57 bits per heavy atom. The lowest BCUT2D eigenvalue weighted by atomic mass is 10.1. The summed E-state index contributed by atoms with van der Waals surface area (Å²) in [7, 11) is 0. The van der Waals surface area contributed by atoms with Crippen LogP contribution in [0.2, 0.25) is 0 Å². The van der Waals surface area contributed by atoms with E-state index in [0.717, 1.165) is 0 Å². The number of nitrogens with zero attached hydrogens (tertiary/aromatic N) is 1. The number of hydrogen-bond acceptors (Lipinski definition) is 2. The van der Waals surface area contributed by atoms with Gasteiger partial charge in [0.2, 0.25) is 0 Å². The number of alkyl halides is 3. The van der Waals surface area contributed by atoms with E-state index in [1.54, 1.807) is 13.0 Å². The van der Waals surface area contributed by atoms with Crippen molar-refractivity contribution >= 4 is 15.9 Å². The number of aliphatic hydroxyl groups excluding tert-OH is 1. The van der Waals surface area contributed by atoms with Crippen molar-refractivity contribution < 1.29 is 13.9 Å². The molecular weight excluding hydrogens is 256 g/mol. The molecule has 0 amide bonds. The zero-order valence-corrected chi connectivity index (χ0v) is 9.18. The van der Waals surface area contributed by atoms with Crippen LogP contribution in [0.25, 0.3) is 0 Å². The van der Waals surface area contributed by atoms with Gasteiger partial charge < -0.3 is 5.11 Å². The third kappa shape index (κ3) is 2.27. The van der Waals surface area contributed by atoms with Crippen LogP contribution in [-0.2, 0) is 11.9 Å². The summed E-state index contributed by atoms with van der Waals surface area (Å²) in [6.07, 6.45) is -2.59. The summed E-state index contributed by atoms with van der Waals surface area (Å²) in [5.74, 6) is 0. The average molecular weight is 266 g/mol. The summed E-state index contributed by atoms with van der Waals surface area (Å²) in [6.45, 7) is 1.13. The molecule has 1 N–H and O–H groups in total. The van der Waals surface area contributed by atoms with Gasteiger partial charge in [0.05, 0.1) is 18.0 Å². The Bertz CT molecular complexity index is 331. The molecule has 0 fully saturated rings. The Labute approximate surface area is 89.1 Å². The van der Waals surface area contributed by atoms with E-state index in [9.17, 15) is 8.78 Å². The molecule has 0 atom stereocenters. The Hall–Kier alpha value is -0.550. The smallest absolute Gasteiger partial charge is 0.265 e. The van der Waals surface area contributed by atoms with E-state index in [1.807, 2.05) is 0 Å². The van der Waals surface area contributed by atoms with Gasteiger partial charge >= 0.3 is 0 Å². The van der Waals surface area contributed by atoms with Crippen LogP contribution >= 0.6 is 15.9 Å². The van der Waals surface area contributed by atoms with Gasteiger partial charge in [0, 0.05) is 10.9 Å². The first-order valence-corrected chi connectivity index (χ1v) is 5.16. The Morgan fingerprint density at radius 3 is 2.64 bits per heavy atom. The second kappa shape index (κ2) is 4.79. The van der Waals surface area contributed by atoms with Crippen molar-refractivity contribution in [2.75, 3.05) is 0 Å². The average Bonchev–Trinajstić information content (AvgIpc) is 2.15. The fraction of sp³-hybridized carbons (Fsp3) is 0.444. The minimum absolute atomic E-state index is 0.0643. The molecule has 0 bridgehead atoms. The fourth-order valence-electron chi connectivity index (χ4n) is 1.31. The van der Waals surface area contributed by atoms with Crippen LogP contribution < -0.4 is 0 Å². The zero-order chi connectivity index (χ0) is 10.7. The summed E-state index contributed by atoms with van der Waals surface area (Å²) in [4.78, 5) is 3.91. The molecule has 78 valence electrons. The second-order valence-corrected chi connectivity index (χ2v) is 3.44. The highest BCUT2D eigenvalue weighted by Crippen LogP contribution is 2.26. The number of aromatic nitrogens is 1. The molecule has 0 aromatic carbocycles. The van der Waals surface area contributed by atoms with Crippen molar-refractivity contribution in [3.05, 3.63) is 28.6 Å². The molecule has 0 spiro atoms. The lowest BCUT2D eigenvalue weighted by Crippen LogP contribution is -2.04. The molecule has 0 radical (unpaired) electrons. The van der Waals surface area contributed by atoms with Crippen molar-refractivity contribution in [3.8, 4) is 0 Å². The zero-order valence-electron chi connectivity index (χ0n) is 7.60. The maximum absolute atomic E-state index is 12.5. The lowest BCUT2D eigenvalue weighted by molar-refractivity contribution is 0.145. The van der Waals surface area contributed by atoms with Crippen LogP contribution in [0.5, 0.6) is 0 Å². The number of hydrogen-bond donors (Lipinski definition) is 1. The normalized spacial score (nSPS) is 11.0. The molecule has 0 aliphatic heterocycles. The standard InChI is InChI=1S/C9H10BrF2NO/c1-5-2-6(3-10)13-7(4-14)8(5)9(11)12/h2,9,14H,3-4H2,1H3. The number of halogens is 3. The van der Waals surface area contributed by atoms with Gasteiger partial charge in [-0.25, -0.2) is 8.78 Å². The number of aryl methyl sites for hydroxylation is 1. The predicted octanol–water partition coefficient (Wildman–Crippen LogP) is 2.71. The number of pyridine rings is 1. The molecule has 2 nitrogen and oxygen atoms in total. The van der Waals surface area contributed by atoms with E-state index in [4.69, 9.17) is 5.11 Å². The van der Waals surface area contributed by atoms with E-state index < -0.39 is 13.0 Å². The minimum Gasteiger partial charge on any atom is -0.390 e. The second-order valence-electron chi connectivity index (χ2n) is 2.88. The highest BCUT2D eigenvalue weighted by atomic mass is 79.9. The minimum atomic E-state index is -2.59. The van der Waals surface area contributed by atoms with Crippen LogP contribution in [0.3, 0.4) is 0 Å². The molecule has 0 unspecified atom stereocenters. The van der Waals surface area contributed by atoms with Crippen molar-refractivity contribution in [1.82, 2.24) is 4.98 Å². The Morgan fingerprint density at radius 2 is 2.21 bits per heavy atom. The largest absolute Gasteiger partial charge is 0.390 e. The maximum atomic E-state index is 12.5. The van der Waals surface area contributed by atoms with Crippen LogP contribution in [0.1, 0.15) is 28.9 Å². The third-order valence-electron chi connectivity index (χ3n) is 1.90. The highest BCUT2D eigenvalue weighted by molar-refractivity contribution is 9.08. The molecule has 14 heavy (non-hydrogen) atoms. The molecule has 0 saturated heterocycles. The van der Waals surface area contributed by atoms with Gasteiger partial charge in [-0.05, 0) is 18.6 Å². The molecule has 0 aliphatic carbocycles. The third-order valence-corrected chi connectivity index (χ3v) is 2.48. The molecule has 1 aromatic heterocycles. The summed E-state index contributed by atoms with van der Waals surface area (Å²) < 4.78 is 25.1. The number of aliphatic hydroxyl groups is 1. The molecule has 0 saturated carbocycles. The van der Waals surface area contributed by atoms with Crippen LogP contribution in [-0.4, -0.2) is 10.1 Å². The molecule has 1 heterocycles. The van der Waals surface area contributed by atoms with Gasteiger partial charge in [0.15, 0.2) is 0 Å². The summed E-state index contributed by atoms with van der Waals surface area (Å²) in [6, 6.07) is 1.59. The van der Waals surface area contributed by atoms with Crippen LogP contribution in [0.4, 0.5) is 8.78 Å². The van der Waals surface area contributed by atoms with Gasteiger partial charge in [0.25, 0.3) is 6.43 Å². The summed E-state index contributed by atoms with van der Waals surface area (Å²) in [5, 5.41) is 9.39. The van der Waals surface area contributed by atoms with Gasteiger partial charge in [0.1, 0.15) is 0 Å². The van der Waals surface area contributed by atoms with Gasteiger partial charge in [-0.2, -0.15) is 0 Å². The molecule has 1 rings (SSSR count). The Kier molecular flexibility index (Phi) is 3.95. The first-order chi connectivity index (χ1) is 6.60. The van der Waals surface area contributed by atoms with Crippen molar-refractivity contribution in [2.45, 2.75) is 25.3 Å². The van der Waals surface area contributed by atoms with Gasteiger partial charge in [-0.15, -0.1) is 0 Å². The number of rotatable bonds is 3. The maximum Gasteiger partial charge on any atom is 0.265 e. The van der Waals surface area contributed by atoms with E-state index in [-0.39, 0.29) is 11.3 Å². The van der Waals surface area contributed by atoms with Crippen molar-refractivity contribution in [2.24, 2.45) is 0 Å². The summed E-state index contributed by atoms with van der Waals surface area (Å²) >= 11 is 3.18. The van der Waals surface area contributed by atoms with Crippen LogP contribution in [0, 0.1) is 6.92 Å². The predicted molar refractivity (Wildman–Crippen MR) is 52.5 cm³/mol. The van der Waals surface area contributed by atoms with E-state index in [0.29, 0.717) is 16.6 Å². The quantitative estimate of drug-likeness (QED) is 0.853. The summed E-state index contributed by atoms with van der Waals surface area (Å²) in [5.41, 5.74) is 1.02. The topological polar surface area (TPSA) is 33.1 Å². The van der Waals surface area contributed by atoms with Crippen molar-refractivity contribution in [1.29, 1.82) is 0 Å². The fourth-order valence-corrected chi connectivity index (χ4v) is 1.60. The molecular formula is C9H10BrF2NO. The molecule has 5 heteroatoms. The monoisotopic (exact) mass is 265 g/mol. The van der Waals surface area contributed by atoms with E-state index >= 15 is 0 Å². The van der Waals surface area contributed by atoms with Gasteiger partial charge in [-0.3, -0.25) is 4.98 Å². The highest BCUT2D eigenvalue weighted by Gasteiger charge is 2.17. The SMILES string of the molecule is Cc1cc(CBr)nc(CO)c1C(F)F. The van der Waals surface area contributed by atoms with E-state index in [1.165, 1.54) is 0 Å². The lowest BCUT2D eigenvalue weighted by Gasteiger charge is -2.10. The van der Waals surface area contributed by atoms with Crippen molar-refractivity contribution in [3.63, 3.8) is 0 Å². The molecule has 1 aromatic rings. The Balaban J connectivity index is 3.27. The van der Waals surface area contributed by atoms with Crippen LogP contribution in [0.15, 0.2) is 6.07 Å². The molecule has 0 aliphatic rings. The first kappa shape index (κ1) is 11.5. The van der Waals surface area contributed by atoms with Gasteiger partial charge in [-0.1, -0.05) is 15.9 Å².